The second-order valence-electron chi connectivity index (χ2n) is 9.21. The molecular weight excluding hydrogens is 402 g/mol. The highest BCUT2D eigenvalue weighted by Gasteiger charge is 2.35. The van der Waals surface area contributed by atoms with Crippen LogP contribution < -0.4 is 4.90 Å². The molecular formula is C23H37NO5S. The summed E-state index contributed by atoms with van der Waals surface area (Å²) < 4.78 is 5.00. The minimum absolute atomic E-state index is 0.191. The lowest BCUT2D eigenvalue weighted by atomic mass is 9.73. The fraction of sp³-hybridized carbons (Fsp3) is 0.739. The molecule has 6 nitrogen and oxygen atoms in total. The standard InChI is InChI=1S/C23H37NO5S/c1-6-7-15(2)21(27)24(17(13-25)14-26)18-12-19(30-20(18)22(28)29-5)16-8-10-23(3,4)11-9-16/h12,15-17,25-26H,6-11,13-14H2,1-5H3. The van der Waals surface area contributed by atoms with Gasteiger partial charge in [0, 0.05) is 10.8 Å². The average molecular weight is 440 g/mol. The van der Waals surface area contributed by atoms with Crippen molar-refractivity contribution in [2.45, 2.75) is 78.2 Å². The van der Waals surface area contributed by atoms with Crippen molar-refractivity contribution >= 4 is 28.9 Å². The summed E-state index contributed by atoms with van der Waals surface area (Å²) in [5, 5.41) is 19.7. The summed E-state index contributed by atoms with van der Waals surface area (Å²) in [5.74, 6) is -0.621. The molecule has 1 fully saturated rings. The molecule has 0 aliphatic heterocycles. The second kappa shape index (κ2) is 10.7. The molecule has 2 rings (SSSR count). The molecule has 1 aliphatic rings. The zero-order valence-corrected chi connectivity index (χ0v) is 19.8. The average Bonchev–Trinajstić information content (AvgIpc) is 3.15. The second-order valence-corrected chi connectivity index (χ2v) is 10.3. The van der Waals surface area contributed by atoms with Crippen molar-refractivity contribution in [2.75, 3.05) is 25.2 Å². The van der Waals surface area contributed by atoms with Crippen molar-refractivity contribution in [3.63, 3.8) is 0 Å². The van der Waals surface area contributed by atoms with Crippen molar-refractivity contribution < 1.29 is 24.5 Å². The van der Waals surface area contributed by atoms with E-state index in [1.54, 1.807) is 0 Å². The number of amides is 1. The molecule has 1 saturated carbocycles. The maximum Gasteiger partial charge on any atom is 0.350 e. The van der Waals surface area contributed by atoms with Crippen LogP contribution in [-0.2, 0) is 9.53 Å². The predicted octanol–water partition coefficient (Wildman–Crippen LogP) is 4.34. The summed E-state index contributed by atoms with van der Waals surface area (Å²) in [6.45, 7) is 7.65. The van der Waals surface area contributed by atoms with Gasteiger partial charge in [0.1, 0.15) is 4.88 Å². The molecule has 0 spiro atoms. The first-order chi connectivity index (χ1) is 14.2. The van der Waals surface area contributed by atoms with E-state index in [-0.39, 0.29) is 25.0 Å². The summed E-state index contributed by atoms with van der Waals surface area (Å²) in [5.41, 5.74) is 0.783. The Labute approximate surface area is 184 Å². The van der Waals surface area contributed by atoms with E-state index >= 15 is 0 Å². The smallest absolute Gasteiger partial charge is 0.350 e. The fourth-order valence-corrected chi connectivity index (χ4v) is 5.45. The van der Waals surface area contributed by atoms with Crippen LogP contribution in [0.5, 0.6) is 0 Å². The lowest BCUT2D eigenvalue weighted by Crippen LogP contribution is -2.47. The van der Waals surface area contributed by atoms with E-state index < -0.39 is 12.0 Å². The van der Waals surface area contributed by atoms with Crippen molar-refractivity contribution in [3.8, 4) is 0 Å². The van der Waals surface area contributed by atoms with Gasteiger partial charge in [0.2, 0.25) is 5.91 Å². The third-order valence-electron chi connectivity index (χ3n) is 6.27. The number of methoxy groups -OCH3 is 1. The third-order valence-corrected chi connectivity index (χ3v) is 7.54. The zero-order chi connectivity index (χ0) is 22.5. The summed E-state index contributed by atoms with van der Waals surface area (Å²) in [7, 11) is 1.33. The van der Waals surface area contributed by atoms with Gasteiger partial charge in [-0.2, -0.15) is 0 Å². The summed E-state index contributed by atoms with van der Waals surface area (Å²) in [6.07, 6.45) is 5.85. The largest absolute Gasteiger partial charge is 0.465 e. The number of rotatable bonds is 9. The Hall–Kier alpha value is -1.44. The molecule has 0 radical (unpaired) electrons. The molecule has 1 aromatic rings. The fourth-order valence-electron chi connectivity index (χ4n) is 4.21. The van der Waals surface area contributed by atoms with Gasteiger partial charge in [0.15, 0.2) is 0 Å². The number of nitrogens with zero attached hydrogens (tertiary/aromatic N) is 1. The van der Waals surface area contributed by atoms with Crippen LogP contribution in [0.4, 0.5) is 5.69 Å². The van der Waals surface area contributed by atoms with Gasteiger partial charge < -0.3 is 19.8 Å². The van der Waals surface area contributed by atoms with Crippen LogP contribution in [0, 0.1) is 11.3 Å². The summed E-state index contributed by atoms with van der Waals surface area (Å²) in [4.78, 5) is 28.7. The molecule has 0 saturated heterocycles. The first-order valence-corrected chi connectivity index (χ1v) is 11.8. The van der Waals surface area contributed by atoms with Crippen LogP contribution in [-0.4, -0.2) is 48.5 Å². The molecule has 7 heteroatoms. The minimum Gasteiger partial charge on any atom is -0.465 e. The number of aliphatic hydroxyl groups excluding tert-OH is 2. The number of carbonyl (C=O) groups excluding carboxylic acids is 2. The summed E-state index contributed by atoms with van der Waals surface area (Å²) in [6, 6.07) is 1.11. The first kappa shape index (κ1) is 24.8. The van der Waals surface area contributed by atoms with Crippen molar-refractivity contribution in [3.05, 3.63) is 15.8 Å². The van der Waals surface area contributed by atoms with Crippen molar-refractivity contribution in [1.29, 1.82) is 0 Å². The van der Waals surface area contributed by atoms with E-state index in [9.17, 15) is 19.8 Å². The number of hydrogen-bond donors (Lipinski definition) is 2. The van der Waals surface area contributed by atoms with Gasteiger partial charge in [0.25, 0.3) is 0 Å². The molecule has 1 aromatic heterocycles. The first-order valence-electron chi connectivity index (χ1n) is 11.0. The molecule has 30 heavy (non-hydrogen) atoms. The maximum absolute atomic E-state index is 13.3. The van der Waals surface area contributed by atoms with Crippen LogP contribution in [0.1, 0.15) is 86.7 Å². The van der Waals surface area contributed by atoms with Crippen molar-refractivity contribution in [1.82, 2.24) is 0 Å². The van der Waals surface area contributed by atoms with Gasteiger partial charge >= 0.3 is 5.97 Å². The van der Waals surface area contributed by atoms with E-state index in [1.807, 2.05) is 19.9 Å². The lowest BCUT2D eigenvalue weighted by molar-refractivity contribution is -0.123. The highest BCUT2D eigenvalue weighted by molar-refractivity contribution is 7.14. The number of esters is 1. The molecule has 1 amide bonds. The van der Waals surface area contributed by atoms with Gasteiger partial charge in [-0.3, -0.25) is 4.79 Å². The Morgan fingerprint density at radius 3 is 2.37 bits per heavy atom. The van der Waals surface area contributed by atoms with E-state index in [1.165, 1.54) is 23.3 Å². The normalized spacial score (nSPS) is 17.7. The number of aliphatic hydroxyl groups is 2. The number of carbonyl (C=O) groups is 2. The van der Waals surface area contributed by atoms with E-state index in [0.717, 1.165) is 37.0 Å². The lowest BCUT2D eigenvalue weighted by Gasteiger charge is -2.34. The van der Waals surface area contributed by atoms with Crippen LogP contribution in [0.3, 0.4) is 0 Å². The maximum atomic E-state index is 13.3. The van der Waals surface area contributed by atoms with E-state index in [4.69, 9.17) is 4.74 Å². The van der Waals surface area contributed by atoms with E-state index in [0.29, 0.717) is 28.3 Å². The zero-order valence-electron chi connectivity index (χ0n) is 18.9. The highest BCUT2D eigenvalue weighted by atomic mass is 32.1. The van der Waals surface area contributed by atoms with Crippen LogP contribution >= 0.6 is 11.3 Å². The Morgan fingerprint density at radius 2 is 1.87 bits per heavy atom. The highest BCUT2D eigenvalue weighted by Crippen LogP contribution is 2.46. The van der Waals surface area contributed by atoms with Crippen LogP contribution in [0.2, 0.25) is 0 Å². The number of ether oxygens (including phenoxy) is 1. The number of anilines is 1. The van der Waals surface area contributed by atoms with E-state index in [2.05, 4.69) is 13.8 Å². The SMILES string of the molecule is CCCC(C)C(=O)N(c1cc(C2CCC(C)(C)CC2)sc1C(=O)OC)C(CO)CO. The molecule has 1 aliphatic carbocycles. The molecule has 0 bridgehead atoms. The van der Waals surface area contributed by atoms with Gasteiger partial charge in [-0.25, -0.2) is 4.79 Å². The Bertz CT molecular complexity index is 715. The topological polar surface area (TPSA) is 87.1 Å². The number of thiophene rings is 1. The van der Waals surface area contributed by atoms with Gasteiger partial charge in [-0.1, -0.05) is 34.1 Å². The van der Waals surface area contributed by atoms with Gasteiger partial charge in [-0.15, -0.1) is 11.3 Å². The molecule has 1 unspecified atom stereocenters. The number of hydrogen-bond acceptors (Lipinski definition) is 6. The predicted molar refractivity (Wildman–Crippen MR) is 120 cm³/mol. The summed E-state index contributed by atoms with van der Waals surface area (Å²) >= 11 is 1.38. The molecule has 1 atom stereocenters. The monoisotopic (exact) mass is 439 g/mol. The van der Waals surface area contributed by atoms with Gasteiger partial charge in [-0.05, 0) is 49.5 Å². The molecule has 1 heterocycles. The third kappa shape index (κ3) is 5.62. The minimum atomic E-state index is -0.798. The Morgan fingerprint density at radius 1 is 1.27 bits per heavy atom. The molecule has 0 aromatic carbocycles. The molecule has 170 valence electrons. The molecule has 2 N–H and O–H groups in total. The van der Waals surface area contributed by atoms with Crippen molar-refractivity contribution in [2.24, 2.45) is 11.3 Å². The Kier molecular flexibility index (Phi) is 8.88. The van der Waals surface area contributed by atoms with Gasteiger partial charge in [0.05, 0.1) is 32.1 Å². The Balaban J connectivity index is 2.49. The van der Waals surface area contributed by atoms with Crippen LogP contribution in [0.15, 0.2) is 6.07 Å². The quantitative estimate of drug-likeness (QED) is 0.559. The van der Waals surface area contributed by atoms with Crippen LogP contribution in [0.25, 0.3) is 0 Å².